The molecule has 1 aliphatic heterocycles. The number of ether oxygens (including phenoxy) is 1. The molecule has 2 nitrogen and oxygen atoms in total. The Morgan fingerprint density at radius 1 is 0.909 bits per heavy atom. The van der Waals surface area contributed by atoms with Crippen molar-refractivity contribution in [1.29, 1.82) is 0 Å². The van der Waals surface area contributed by atoms with E-state index in [4.69, 9.17) is 0 Å². The third-order valence-electron chi connectivity index (χ3n) is 3.09. The van der Waals surface area contributed by atoms with Gasteiger partial charge in [0.2, 0.25) is 0 Å². The van der Waals surface area contributed by atoms with Gasteiger partial charge < -0.3 is 0 Å². The molecular weight excluding hydrogens is 588 g/mol. The molecule has 0 aromatic carbocycles. The molecule has 2 aliphatic rings. The number of rotatable bonds is 0. The van der Waals surface area contributed by atoms with Crippen molar-refractivity contribution < 1.29 is 58.1 Å². The Bertz CT molecular complexity index is 529. The summed E-state index contributed by atoms with van der Waals surface area (Å²) in [4.78, 5) is 0. The van der Waals surface area contributed by atoms with E-state index in [0.29, 0.717) is 0 Å². The van der Waals surface area contributed by atoms with E-state index in [0.717, 1.165) is 0 Å². The van der Waals surface area contributed by atoms with Crippen molar-refractivity contribution in [1.82, 2.24) is 0 Å². The number of alkyl halides is 10. The van der Waals surface area contributed by atoms with E-state index in [1.165, 1.54) is 0 Å². The van der Waals surface area contributed by atoms with Crippen LogP contribution in [0.1, 0.15) is 6.42 Å². The molecule has 1 saturated carbocycles. The van der Waals surface area contributed by atoms with Gasteiger partial charge in [0.05, 0.1) is 0 Å². The van der Waals surface area contributed by atoms with Crippen LogP contribution in [-0.2, 0) is 9.84 Å². The van der Waals surface area contributed by atoms with Gasteiger partial charge in [0.1, 0.15) is 0 Å². The first-order chi connectivity index (χ1) is 9.56. The zero-order valence-corrected chi connectivity index (χ0v) is 12.1. The quantitative estimate of drug-likeness (QED) is 0.404. The fraction of sp³-hybridized carbons (Fsp3) is 0.875. The second-order valence-corrected chi connectivity index (χ2v) is 6.49. The van der Waals surface area contributed by atoms with Crippen LogP contribution in [0, 0.1) is 0 Å². The van der Waals surface area contributed by atoms with Crippen molar-refractivity contribution in [2.24, 2.45) is 0 Å². The van der Waals surface area contributed by atoms with Crippen molar-refractivity contribution in [2.75, 3.05) is 0 Å². The van der Waals surface area contributed by atoms with E-state index in [2.05, 4.69) is 9.84 Å². The topological polar surface area (TPSA) is 18.5 Å². The zero-order valence-electron chi connectivity index (χ0n) is 9.50. The summed E-state index contributed by atoms with van der Waals surface area (Å²) < 4.78 is 145. The van der Waals surface area contributed by atoms with Crippen LogP contribution >= 0.6 is 0 Å². The Hall–Kier alpha value is -1.98. The van der Waals surface area contributed by atoms with Gasteiger partial charge in [-0.15, -0.1) is 0 Å². The molecule has 14 heteroatoms. The summed E-state index contributed by atoms with van der Waals surface area (Å²) in [5.74, 6) is -24.3. The van der Waals surface area contributed by atoms with Gasteiger partial charge in [0.25, 0.3) is 0 Å². The van der Waals surface area contributed by atoms with Gasteiger partial charge in [-0.25, -0.2) is 0 Å². The number of halogens is 11. The van der Waals surface area contributed by atoms with Gasteiger partial charge in [-0.1, -0.05) is 0 Å². The van der Waals surface area contributed by atoms with Crippen LogP contribution in [0.3, 0.4) is 0 Å². The van der Waals surface area contributed by atoms with Crippen molar-refractivity contribution in [3.8, 4) is 0 Å². The van der Waals surface area contributed by atoms with Crippen LogP contribution in [0.5, 0.6) is 0 Å². The predicted octanol–water partition coefficient (Wildman–Crippen LogP) is 3.37. The second-order valence-electron chi connectivity index (χ2n) is 4.38. The van der Waals surface area contributed by atoms with E-state index in [1.807, 2.05) is 0 Å². The summed E-state index contributed by atoms with van der Waals surface area (Å²) in [6.07, 6.45) is -9.92. The molecule has 2 unspecified atom stereocenters. The first kappa shape index (κ1) is 16.4. The molecule has 22 heavy (non-hydrogen) atoms. The Morgan fingerprint density at radius 3 is 1.77 bits per heavy atom. The summed E-state index contributed by atoms with van der Waals surface area (Å²) in [6, 6.07) is 0. The predicted molar refractivity (Wildman–Crippen MR) is 40.4 cm³/mol. The van der Waals surface area contributed by atoms with E-state index in [1.54, 1.807) is 0 Å². The summed E-state index contributed by atoms with van der Waals surface area (Å²) in [5.41, 5.74) is -5.75. The van der Waals surface area contributed by atoms with Crippen LogP contribution < -0.4 is 0 Å². The summed E-state index contributed by atoms with van der Waals surface area (Å²) in [5, 5.41) is 3.64. The minimum absolute atomic E-state index is 2.14. The molecule has 0 aromatic rings. The maximum absolute atomic E-state index is 14.1. The fourth-order valence-corrected chi connectivity index (χ4v) is 3.89. The standard InChI is InChI=1S/C8H2F11O2.Cf/c9-2-21-7(20)3(10,8(17,18)19)1-4(11,12)5(13,14)6(7,15)16;/h1H2;/q-1;+1. The molecule has 133 valence electrons. The Balaban J connectivity index is 2.75. The molecule has 1 spiro atoms. The van der Waals surface area contributed by atoms with E-state index >= 15 is 0 Å². The molecule has 0 amide bonds. The Morgan fingerprint density at radius 2 is 1.41 bits per heavy atom. The van der Waals surface area contributed by atoms with Crippen molar-refractivity contribution >= 4 is 6.86 Å². The molecule has 0 bridgehead atoms. The van der Waals surface area contributed by atoms with E-state index in [-0.39, 0.29) is 0 Å². The molecule has 2 atom stereocenters. The number of hydrogen-bond acceptors (Lipinski definition) is 2. The molecule has 1 heterocycles. The van der Waals surface area contributed by atoms with Crippen LogP contribution in [0.2, 0.25) is 0 Å². The molecule has 2 rings (SSSR count). The monoisotopic (exact) mass is 588 g/mol. The molecule has 1 aliphatic carbocycles. The minimum atomic E-state index is -6.52. The van der Waals surface area contributed by atoms with Gasteiger partial charge in [-0.3, -0.25) is 0 Å². The van der Waals surface area contributed by atoms with Crippen LogP contribution in [0.25, 0.3) is 0 Å². The van der Waals surface area contributed by atoms with Crippen LogP contribution in [-0.4, -0.2) is 42.3 Å². The van der Waals surface area contributed by atoms with E-state index in [9.17, 15) is 48.3 Å². The van der Waals surface area contributed by atoms with Crippen molar-refractivity contribution in [3.05, 3.63) is 0 Å². The molecule has 1 fully saturated rings. The van der Waals surface area contributed by atoms with Crippen molar-refractivity contribution in [3.63, 3.8) is 0 Å². The molecule has 0 N–H and O–H groups in total. The van der Waals surface area contributed by atoms with Gasteiger partial charge in [-0.05, 0) is 0 Å². The summed E-state index contributed by atoms with van der Waals surface area (Å²) in [7, 11) is 0. The Labute approximate surface area is 108 Å². The van der Waals surface area contributed by atoms with Gasteiger partial charge >= 0.3 is 107 Å². The maximum atomic E-state index is 14.1. The summed E-state index contributed by atoms with van der Waals surface area (Å²) in [6.45, 7) is -2.14. The Kier molecular flexibility index (Phi) is 2.73. The molecule has 0 saturated heterocycles. The molecule has 0 aromatic heterocycles. The van der Waals surface area contributed by atoms with Crippen LogP contribution in [0.15, 0.2) is 0 Å². The molecule has 0 radical (unpaired) electrons. The number of hydrogen-bond donors (Lipinski definition) is 0. The average Bonchev–Trinajstić information content (AvgIpc) is 2.69. The fourth-order valence-electron chi connectivity index (χ4n) is 1.94. The zero-order chi connectivity index (χ0) is 17.4. The average molecular weight is 590 g/mol. The third-order valence-corrected chi connectivity index (χ3v) is 4.81. The third kappa shape index (κ3) is 1.45. The van der Waals surface area contributed by atoms with Crippen LogP contribution in [0.4, 0.5) is 48.3 Å². The normalized spacial score (nSPS) is 39.5. The molecular formula is C8H2CfF11O2. The second kappa shape index (κ2) is 3.67. The van der Waals surface area contributed by atoms with E-state index < -0.39 is 48.7 Å². The van der Waals surface area contributed by atoms with Gasteiger partial charge in [0, 0.05) is 0 Å². The van der Waals surface area contributed by atoms with Gasteiger partial charge in [0.15, 0.2) is 0 Å². The van der Waals surface area contributed by atoms with Gasteiger partial charge in [-0.2, -0.15) is 0 Å². The first-order valence-electron chi connectivity index (χ1n) is 4.94. The first-order valence-corrected chi connectivity index (χ1v) is 7.33. The SMILES string of the molecule is F[C]1=[Cf][O]C2(O1)C(F)(F)C(F)(F)C(F)(F)CC2(F)C(F)(F)F. The van der Waals surface area contributed by atoms with Crippen molar-refractivity contribution in [2.45, 2.75) is 41.8 Å². The summed E-state index contributed by atoms with van der Waals surface area (Å²) >= 11 is 0.